The van der Waals surface area contributed by atoms with Crippen LogP contribution >= 0.6 is 0 Å². The van der Waals surface area contributed by atoms with Gasteiger partial charge in [0.25, 0.3) is 0 Å². The molecule has 3 heteroatoms. The van der Waals surface area contributed by atoms with Crippen molar-refractivity contribution >= 4 is 5.78 Å². The number of carbonyl (C=O) groups is 1. The van der Waals surface area contributed by atoms with Crippen molar-refractivity contribution in [2.24, 2.45) is 5.92 Å². The van der Waals surface area contributed by atoms with Crippen LogP contribution in [0.1, 0.15) is 36.7 Å². The van der Waals surface area contributed by atoms with Gasteiger partial charge in [-0.15, -0.1) is 0 Å². The van der Waals surface area contributed by atoms with E-state index >= 15 is 0 Å². The van der Waals surface area contributed by atoms with Gasteiger partial charge in [-0.3, -0.25) is 4.79 Å². The molecule has 1 rings (SSSR count). The smallest absolute Gasteiger partial charge is 0.287 e. The molecule has 0 saturated carbocycles. The maximum Gasteiger partial charge on any atom is 0.307 e. The van der Waals surface area contributed by atoms with Gasteiger partial charge in [-0.05, 0) is 24.0 Å². The first-order valence-corrected chi connectivity index (χ1v) is 5.32. The lowest BCUT2D eigenvalue weighted by atomic mass is 9.98. The summed E-state index contributed by atoms with van der Waals surface area (Å²) < 4.78 is 25.7. The molecule has 0 unspecified atom stereocenters. The summed E-state index contributed by atoms with van der Waals surface area (Å²) >= 11 is 0. The number of ketones is 1. The Morgan fingerprint density at radius 1 is 1.38 bits per heavy atom. The van der Waals surface area contributed by atoms with Gasteiger partial charge in [-0.2, -0.15) is 8.78 Å². The Balaban J connectivity index is 2.95. The van der Waals surface area contributed by atoms with Crippen LogP contribution in [0.3, 0.4) is 0 Å². The summed E-state index contributed by atoms with van der Waals surface area (Å²) in [5, 5.41) is 0. The fraction of sp³-hybridized carbons (Fsp3) is 0.462. The quantitative estimate of drug-likeness (QED) is 0.715. The Hall–Kier alpha value is -1.25. The van der Waals surface area contributed by atoms with Gasteiger partial charge in [0.15, 0.2) is 0 Å². The molecule has 0 spiro atoms. The van der Waals surface area contributed by atoms with Crippen molar-refractivity contribution in [1.29, 1.82) is 0 Å². The predicted molar refractivity (Wildman–Crippen MR) is 59.9 cm³/mol. The molecule has 0 aliphatic heterocycles. The molecule has 0 fully saturated rings. The minimum atomic E-state index is -3.30. The van der Waals surface area contributed by atoms with Crippen LogP contribution in [0.15, 0.2) is 24.3 Å². The third-order valence-corrected chi connectivity index (χ3v) is 2.23. The van der Waals surface area contributed by atoms with Crippen LogP contribution in [0, 0.1) is 5.92 Å². The molecule has 0 radical (unpaired) electrons. The van der Waals surface area contributed by atoms with Gasteiger partial charge in [0, 0.05) is 12.5 Å². The fourth-order valence-electron chi connectivity index (χ4n) is 1.56. The Morgan fingerprint density at radius 3 is 2.50 bits per heavy atom. The zero-order valence-electron chi connectivity index (χ0n) is 9.76. The minimum absolute atomic E-state index is 0.0886. The third kappa shape index (κ3) is 3.40. The van der Waals surface area contributed by atoms with E-state index in [4.69, 9.17) is 0 Å². The van der Waals surface area contributed by atoms with E-state index in [9.17, 15) is 13.6 Å². The van der Waals surface area contributed by atoms with E-state index in [1.807, 2.05) is 19.9 Å². The molecule has 16 heavy (non-hydrogen) atoms. The molecule has 0 atom stereocenters. The summed E-state index contributed by atoms with van der Waals surface area (Å²) in [6, 6.07) is 6.49. The summed E-state index contributed by atoms with van der Waals surface area (Å²) in [6.07, 6.45) is 0.788. The summed E-state index contributed by atoms with van der Waals surface area (Å²) in [6.45, 7) is 4.72. The lowest BCUT2D eigenvalue weighted by Crippen LogP contribution is -2.24. The Bertz CT molecular complexity index is 378. The van der Waals surface area contributed by atoms with Gasteiger partial charge in [0.2, 0.25) is 5.78 Å². The highest BCUT2D eigenvalue weighted by Crippen LogP contribution is 2.20. The molecule has 0 aliphatic carbocycles. The van der Waals surface area contributed by atoms with Gasteiger partial charge >= 0.3 is 5.92 Å². The summed E-state index contributed by atoms with van der Waals surface area (Å²) in [4.78, 5) is 11.4. The van der Waals surface area contributed by atoms with Crippen molar-refractivity contribution in [3.63, 3.8) is 0 Å². The SMILES string of the molecule is CC(C)Cc1cccc(C(=O)C(C)(F)F)c1. The van der Waals surface area contributed by atoms with E-state index in [2.05, 4.69) is 0 Å². The van der Waals surface area contributed by atoms with Crippen LogP contribution in [0.4, 0.5) is 8.78 Å². The molecule has 0 aliphatic rings. The van der Waals surface area contributed by atoms with Crippen LogP contribution in [0.5, 0.6) is 0 Å². The van der Waals surface area contributed by atoms with Crippen molar-refractivity contribution in [2.75, 3.05) is 0 Å². The molecular weight excluding hydrogens is 210 g/mol. The lowest BCUT2D eigenvalue weighted by molar-refractivity contribution is 0.0221. The Kier molecular flexibility index (Phi) is 3.79. The monoisotopic (exact) mass is 226 g/mol. The number of carbonyl (C=O) groups excluding carboxylic acids is 1. The van der Waals surface area contributed by atoms with Crippen LogP contribution < -0.4 is 0 Å². The Labute approximate surface area is 94.5 Å². The number of Topliss-reactive ketones (excluding diaryl/α,β-unsaturated/α-hetero) is 1. The number of rotatable bonds is 4. The van der Waals surface area contributed by atoms with Crippen LogP contribution in [-0.4, -0.2) is 11.7 Å². The number of hydrogen-bond acceptors (Lipinski definition) is 1. The molecule has 1 aromatic rings. The standard InChI is InChI=1S/C13H16F2O/c1-9(2)7-10-5-4-6-11(8-10)12(16)13(3,14)15/h4-6,8-9H,7H2,1-3H3. The second-order valence-electron chi connectivity index (χ2n) is 4.52. The summed E-state index contributed by atoms with van der Waals surface area (Å²) in [5.74, 6) is -3.97. The summed E-state index contributed by atoms with van der Waals surface area (Å²) in [7, 11) is 0. The number of alkyl halides is 2. The van der Waals surface area contributed by atoms with Gasteiger partial charge in [0.05, 0.1) is 0 Å². The van der Waals surface area contributed by atoms with E-state index in [1.165, 1.54) is 6.07 Å². The molecule has 0 N–H and O–H groups in total. The van der Waals surface area contributed by atoms with E-state index in [0.29, 0.717) is 12.8 Å². The first kappa shape index (κ1) is 12.8. The topological polar surface area (TPSA) is 17.1 Å². The summed E-state index contributed by atoms with van der Waals surface area (Å²) in [5.41, 5.74) is 1.01. The molecule has 1 aromatic carbocycles. The van der Waals surface area contributed by atoms with Gasteiger partial charge in [-0.1, -0.05) is 32.0 Å². The van der Waals surface area contributed by atoms with E-state index in [1.54, 1.807) is 12.1 Å². The van der Waals surface area contributed by atoms with Crippen LogP contribution in [0.2, 0.25) is 0 Å². The average molecular weight is 226 g/mol. The average Bonchev–Trinajstić information content (AvgIpc) is 2.14. The van der Waals surface area contributed by atoms with Crippen molar-refractivity contribution in [3.05, 3.63) is 35.4 Å². The highest BCUT2D eigenvalue weighted by atomic mass is 19.3. The first-order chi connectivity index (χ1) is 7.30. The molecule has 0 bridgehead atoms. The largest absolute Gasteiger partial charge is 0.307 e. The van der Waals surface area contributed by atoms with Crippen molar-refractivity contribution < 1.29 is 13.6 Å². The zero-order valence-corrected chi connectivity index (χ0v) is 9.76. The number of halogens is 2. The van der Waals surface area contributed by atoms with Crippen molar-refractivity contribution in [2.45, 2.75) is 33.1 Å². The van der Waals surface area contributed by atoms with E-state index in [-0.39, 0.29) is 5.56 Å². The maximum atomic E-state index is 12.8. The predicted octanol–water partition coefficient (Wildman–Crippen LogP) is 3.72. The highest BCUT2D eigenvalue weighted by molar-refractivity contribution is 6.01. The first-order valence-electron chi connectivity index (χ1n) is 5.32. The Morgan fingerprint density at radius 2 is 2.00 bits per heavy atom. The molecule has 0 aromatic heterocycles. The molecule has 1 nitrogen and oxygen atoms in total. The van der Waals surface area contributed by atoms with Gasteiger partial charge in [-0.25, -0.2) is 0 Å². The molecule has 0 heterocycles. The van der Waals surface area contributed by atoms with Gasteiger partial charge < -0.3 is 0 Å². The van der Waals surface area contributed by atoms with Crippen LogP contribution in [-0.2, 0) is 6.42 Å². The second-order valence-corrected chi connectivity index (χ2v) is 4.52. The number of hydrogen-bond donors (Lipinski definition) is 0. The van der Waals surface area contributed by atoms with Crippen molar-refractivity contribution in [1.82, 2.24) is 0 Å². The lowest BCUT2D eigenvalue weighted by Gasteiger charge is -2.10. The van der Waals surface area contributed by atoms with Crippen molar-refractivity contribution in [3.8, 4) is 0 Å². The normalized spacial score (nSPS) is 11.9. The molecule has 0 amide bonds. The minimum Gasteiger partial charge on any atom is -0.287 e. The third-order valence-electron chi connectivity index (χ3n) is 2.23. The molecular formula is C13H16F2O. The van der Waals surface area contributed by atoms with E-state index < -0.39 is 11.7 Å². The second kappa shape index (κ2) is 4.73. The molecule has 0 saturated heterocycles. The molecule has 88 valence electrons. The fourth-order valence-corrected chi connectivity index (χ4v) is 1.56. The number of benzene rings is 1. The maximum absolute atomic E-state index is 12.8. The van der Waals surface area contributed by atoms with Gasteiger partial charge in [0.1, 0.15) is 0 Å². The van der Waals surface area contributed by atoms with E-state index in [0.717, 1.165) is 12.0 Å². The highest BCUT2D eigenvalue weighted by Gasteiger charge is 2.33. The van der Waals surface area contributed by atoms with Crippen LogP contribution in [0.25, 0.3) is 0 Å². The zero-order chi connectivity index (χ0) is 12.3.